The first-order chi connectivity index (χ1) is 12.0. The standard InChI is InChI=1S/C17H26N4O3S/c1-24-9-3-8-20-11-17(6-4-14(20)22)5-2-7-21(12-17)16-19-13(10-25-16)15(18)23/h10H,2-9,11-12H2,1H3,(H2,18,23)/t17-/m1/s1. The first kappa shape index (κ1) is 18.1. The number of carbonyl (C=O) groups excluding carboxylic acids is 2. The number of nitrogens with two attached hydrogens (primary N) is 1. The lowest BCUT2D eigenvalue weighted by molar-refractivity contribution is -0.138. The summed E-state index contributed by atoms with van der Waals surface area (Å²) in [6.07, 6.45) is 4.62. The largest absolute Gasteiger partial charge is 0.385 e. The molecule has 0 radical (unpaired) electrons. The summed E-state index contributed by atoms with van der Waals surface area (Å²) < 4.78 is 5.11. The monoisotopic (exact) mass is 366 g/mol. The highest BCUT2D eigenvalue weighted by atomic mass is 32.1. The van der Waals surface area contributed by atoms with Gasteiger partial charge in [-0.2, -0.15) is 0 Å². The van der Waals surface area contributed by atoms with Gasteiger partial charge >= 0.3 is 0 Å². The number of rotatable bonds is 6. The van der Waals surface area contributed by atoms with Gasteiger partial charge in [-0.15, -0.1) is 11.3 Å². The van der Waals surface area contributed by atoms with Crippen LogP contribution in [0.15, 0.2) is 5.38 Å². The van der Waals surface area contributed by atoms with Gasteiger partial charge in [0.1, 0.15) is 5.69 Å². The highest BCUT2D eigenvalue weighted by Crippen LogP contribution is 2.40. The van der Waals surface area contributed by atoms with E-state index in [0.717, 1.165) is 57.0 Å². The molecule has 0 aliphatic carbocycles. The van der Waals surface area contributed by atoms with Crippen LogP contribution in [-0.4, -0.2) is 61.6 Å². The maximum absolute atomic E-state index is 12.3. The van der Waals surface area contributed by atoms with Gasteiger partial charge in [0.15, 0.2) is 5.13 Å². The summed E-state index contributed by atoms with van der Waals surface area (Å²) in [4.78, 5) is 32.2. The van der Waals surface area contributed by atoms with Crippen LogP contribution in [0.1, 0.15) is 42.6 Å². The van der Waals surface area contributed by atoms with E-state index in [2.05, 4.69) is 9.88 Å². The molecule has 7 nitrogen and oxygen atoms in total. The number of anilines is 1. The Balaban J connectivity index is 1.68. The van der Waals surface area contributed by atoms with Gasteiger partial charge < -0.3 is 20.3 Å². The zero-order valence-corrected chi connectivity index (χ0v) is 15.5. The quantitative estimate of drug-likeness (QED) is 0.771. The lowest BCUT2D eigenvalue weighted by atomic mass is 9.73. The molecule has 2 saturated heterocycles. The van der Waals surface area contributed by atoms with E-state index in [9.17, 15) is 9.59 Å². The molecule has 0 bridgehead atoms. The van der Waals surface area contributed by atoms with E-state index in [4.69, 9.17) is 10.5 Å². The zero-order chi connectivity index (χ0) is 17.9. The van der Waals surface area contributed by atoms with Gasteiger partial charge in [-0.05, 0) is 25.7 Å². The first-order valence-electron chi connectivity index (χ1n) is 8.80. The molecule has 2 N–H and O–H groups in total. The smallest absolute Gasteiger partial charge is 0.268 e. The Labute approximate surface area is 152 Å². The Morgan fingerprint density at radius 2 is 2.28 bits per heavy atom. The average Bonchev–Trinajstić information content (AvgIpc) is 3.09. The Morgan fingerprint density at radius 3 is 3.00 bits per heavy atom. The van der Waals surface area contributed by atoms with E-state index in [0.29, 0.717) is 18.7 Å². The van der Waals surface area contributed by atoms with E-state index in [1.807, 2.05) is 4.90 Å². The molecular formula is C17H26N4O3S. The minimum Gasteiger partial charge on any atom is -0.385 e. The molecule has 3 rings (SSSR count). The molecule has 1 spiro atoms. The summed E-state index contributed by atoms with van der Waals surface area (Å²) >= 11 is 1.47. The molecule has 3 heterocycles. The number of amides is 2. The van der Waals surface area contributed by atoms with Crippen LogP contribution in [0, 0.1) is 5.41 Å². The Kier molecular flexibility index (Phi) is 5.58. The molecule has 1 aromatic heterocycles. The van der Waals surface area contributed by atoms with Crippen LogP contribution in [0.5, 0.6) is 0 Å². The predicted octanol–water partition coefficient (Wildman–Crippen LogP) is 1.49. The lowest BCUT2D eigenvalue weighted by Gasteiger charge is -2.48. The van der Waals surface area contributed by atoms with Crippen molar-refractivity contribution in [2.24, 2.45) is 11.1 Å². The molecule has 2 amide bonds. The maximum Gasteiger partial charge on any atom is 0.268 e. The maximum atomic E-state index is 12.3. The molecule has 0 aromatic carbocycles. The second-order valence-electron chi connectivity index (χ2n) is 7.07. The number of carbonyl (C=O) groups is 2. The molecular weight excluding hydrogens is 340 g/mol. The Hall–Kier alpha value is -1.67. The number of methoxy groups -OCH3 is 1. The van der Waals surface area contributed by atoms with Gasteiger partial charge in [-0.3, -0.25) is 9.59 Å². The van der Waals surface area contributed by atoms with Crippen LogP contribution in [0.3, 0.4) is 0 Å². The van der Waals surface area contributed by atoms with Crippen LogP contribution in [0.4, 0.5) is 5.13 Å². The third-order valence-electron chi connectivity index (χ3n) is 5.20. The summed E-state index contributed by atoms with van der Waals surface area (Å²) in [5.74, 6) is -0.231. The van der Waals surface area contributed by atoms with Crippen molar-refractivity contribution in [2.45, 2.75) is 32.1 Å². The van der Waals surface area contributed by atoms with Crippen molar-refractivity contribution in [3.63, 3.8) is 0 Å². The highest BCUT2D eigenvalue weighted by Gasteiger charge is 2.42. The lowest BCUT2D eigenvalue weighted by Crippen LogP contribution is -2.54. The van der Waals surface area contributed by atoms with Crippen molar-refractivity contribution < 1.29 is 14.3 Å². The highest BCUT2D eigenvalue weighted by molar-refractivity contribution is 7.13. The van der Waals surface area contributed by atoms with E-state index < -0.39 is 5.91 Å². The number of aromatic nitrogens is 1. The van der Waals surface area contributed by atoms with Crippen LogP contribution in [0.2, 0.25) is 0 Å². The van der Waals surface area contributed by atoms with E-state index in [1.165, 1.54) is 11.3 Å². The van der Waals surface area contributed by atoms with Crippen LogP contribution in [0.25, 0.3) is 0 Å². The van der Waals surface area contributed by atoms with Crippen molar-refractivity contribution in [1.29, 1.82) is 0 Å². The minimum absolute atomic E-state index is 0.123. The zero-order valence-electron chi connectivity index (χ0n) is 14.7. The molecule has 8 heteroatoms. The third kappa shape index (κ3) is 4.12. The molecule has 2 aliphatic heterocycles. The van der Waals surface area contributed by atoms with Crippen molar-refractivity contribution in [1.82, 2.24) is 9.88 Å². The summed E-state index contributed by atoms with van der Waals surface area (Å²) in [5.41, 5.74) is 5.77. The minimum atomic E-state index is -0.484. The van der Waals surface area contributed by atoms with Crippen molar-refractivity contribution >= 4 is 28.3 Å². The summed E-state index contributed by atoms with van der Waals surface area (Å²) in [5, 5.41) is 2.58. The second-order valence-corrected chi connectivity index (χ2v) is 7.90. The van der Waals surface area contributed by atoms with E-state index in [-0.39, 0.29) is 11.3 Å². The number of hydrogen-bond acceptors (Lipinski definition) is 6. The molecule has 25 heavy (non-hydrogen) atoms. The van der Waals surface area contributed by atoms with Gasteiger partial charge in [-0.25, -0.2) is 4.98 Å². The third-order valence-corrected chi connectivity index (χ3v) is 6.10. The average molecular weight is 366 g/mol. The summed E-state index contributed by atoms with van der Waals surface area (Å²) in [6, 6.07) is 0. The molecule has 2 fully saturated rings. The molecule has 138 valence electrons. The molecule has 1 aromatic rings. The van der Waals surface area contributed by atoms with Crippen LogP contribution >= 0.6 is 11.3 Å². The fourth-order valence-corrected chi connectivity index (χ4v) is 4.77. The first-order valence-corrected chi connectivity index (χ1v) is 9.68. The van der Waals surface area contributed by atoms with Crippen molar-refractivity contribution in [3.05, 3.63) is 11.1 Å². The van der Waals surface area contributed by atoms with E-state index in [1.54, 1.807) is 12.5 Å². The summed E-state index contributed by atoms with van der Waals surface area (Å²) in [6.45, 7) is 4.06. The molecule has 1 atom stereocenters. The Morgan fingerprint density at radius 1 is 1.44 bits per heavy atom. The van der Waals surface area contributed by atoms with Crippen molar-refractivity contribution in [2.75, 3.05) is 44.8 Å². The second kappa shape index (κ2) is 7.70. The van der Waals surface area contributed by atoms with Crippen LogP contribution < -0.4 is 10.6 Å². The predicted molar refractivity (Wildman–Crippen MR) is 96.8 cm³/mol. The van der Waals surface area contributed by atoms with Crippen molar-refractivity contribution in [3.8, 4) is 0 Å². The molecule has 0 unspecified atom stereocenters. The van der Waals surface area contributed by atoms with Gasteiger partial charge in [0.2, 0.25) is 5.91 Å². The number of likely N-dealkylation sites (tertiary alicyclic amines) is 1. The fourth-order valence-electron chi connectivity index (χ4n) is 3.93. The van der Waals surface area contributed by atoms with E-state index >= 15 is 0 Å². The fraction of sp³-hybridized carbons (Fsp3) is 0.706. The van der Waals surface area contributed by atoms with Gasteiger partial charge in [-0.1, -0.05) is 0 Å². The molecule has 0 saturated carbocycles. The number of piperidine rings is 2. The SMILES string of the molecule is COCCCN1C[C@@]2(CCCN(c3nc(C(N)=O)cs3)C2)CCC1=O. The normalized spacial score (nSPS) is 24.1. The number of hydrogen-bond donors (Lipinski definition) is 1. The van der Waals surface area contributed by atoms with Gasteiger partial charge in [0.05, 0.1) is 0 Å². The topological polar surface area (TPSA) is 88.8 Å². The summed E-state index contributed by atoms with van der Waals surface area (Å²) in [7, 11) is 1.69. The number of nitrogens with zero attached hydrogens (tertiary/aromatic N) is 3. The number of ether oxygens (including phenoxy) is 1. The van der Waals surface area contributed by atoms with Gasteiger partial charge in [0, 0.05) is 57.1 Å². The van der Waals surface area contributed by atoms with Crippen LogP contribution in [-0.2, 0) is 9.53 Å². The molecule has 2 aliphatic rings. The Bertz CT molecular complexity index is 635. The van der Waals surface area contributed by atoms with Gasteiger partial charge in [0.25, 0.3) is 5.91 Å². The number of thiazole rings is 1. The number of primary amides is 1.